The molecular formula is C21H23F2N3O. The number of amides is 1. The number of benzene rings is 2. The summed E-state index contributed by atoms with van der Waals surface area (Å²) < 4.78 is 27.3. The van der Waals surface area contributed by atoms with E-state index in [1.54, 1.807) is 6.07 Å². The van der Waals surface area contributed by atoms with Crippen molar-refractivity contribution < 1.29 is 13.6 Å². The minimum atomic E-state index is -0.312. The fourth-order valence-corrected chi connectivity index (χ4v) is 4.44. The molecule has 2 atom stereocenters. The Hall–Kier alpha value is -2.31. The van der Waals surface area contributed by atoms with Crippen molar-refractivity contribution in [3.63, 3.8) is 0 Å². The second kappa shape index (κ2) is 7.37. The van der Waals surface area contributed by atoms with Crippen molar-refractivity contribution in [1.82, 2.24) is 9.80 Å². The van der Waals surface area contributed by atoms with Gasteiger partial charge in [0.2, 0.25) is 5.91 Å². The smallest absolute Gasteiger partial charge is 0.231 e. The monoisotopic (exact) mass is 371 g/mol. The van der Waals surface area contributed by atoms with E-state index >= 15 is 0 Å². The van der Waals surface area contributed by atoms with Gasteiger partial charge in [0, 0.05) is 38.1 Å². The zero-order valence-electron chi connectivity index (χ0n) is 15.1. The summed E-state index contributed by atoms with van der Waals surface area (Å²) in [7, 11) is 0. The lowest BCUT2D eigenvalue weighted by atomic mass is 9.93. The van der Waals surface area contributed by atoms with E-state index in [9.17, 15) is 13.6 Å². The topological polar surface area (TPSA) is 49.6 Å². The van der Waals surface area contributed by atoms with Gasteiger partial charge in [-0.1, -0.05) is 18.2 Å². The molecule has 0 radical (unpaired) electrons. The number of fused-ring (bicyclic) bond motifs is 1. The van der Waals surface area contributed by atoms with Crippen LogP contribution >= 0.6 is 0 Å². The molecule has 2 N–H and O–H groups in total. The summed E-state index contributed by atoms with van der Waals surface area (Å²) in [5.74, 6) is -0.660. The van der Waals surface area contributed by atoms with E-state index in [0.29, 0.717) is 0 Å². The van der Waals surface area contributed by atoms with Gasteiger partial charge in [0.25, 0.3) is 0 Å². The quantitative estimate of drug-likeness (QED) is 0.899. The molecule has 6 heteroatoms. The molecule has 1 heterocycles. The third-order valence-corrected chi connectivity index (χ3v) is 5.74. The summed E-state index contributed by atoms with van der Waals surface area (Å²) in [4.78, 5) is 15.5. The van der Waals surface area contributed by atoms with Gasteiger partial charge in [-0.05, 0) is 47.4 Å². The minimum absolute atomic E-state index is 0.126. The first kappa shape index (κ1) is 18.1. The Morgan fingerprint density at radius 1 is 0.963 bits per heavy atom. The number of piperazine rings is 1. The van der Waals surface area contributed by atoms with Gasteiger partial charge in [0.15, 0.2) is 0 Å². The molecule has 1 aliphatic heterocycles. The maximum atomic E-state index is 14.0. The summed E-state index contributed by atoms with van der Waals surface area (Å²) in [5, 5.41) is 0. The molecule has 0 bridgehead atoms. The first-order chi connectivity index (χ1) is 13.0. The highest BCUT2D eigenvalue weighted by Crippen LogP contribution is 2.47. The number of carbonyl (C=O) groups is 1. The number of nitrogens with zero attached hydrogens (tertiary/aromatic N) is 2. The van der Waals surface area contributed by atoms with Crippen LogP contribution < -0.4 is 5.73 Å². The maximum Gasteiger partial charge on any atom is 0.231 e. The second-order valence-electron chi connectivity index (χ2n) is 7.41. The van der Waals surface area contributed by atoms with Crippen LogP contribution in [0.25, 0.3) is 0 Å². The van der Waals surface area contributed by atoms with Crippen LogP contribution in [-0.2, 0) is 4.79 Å². The number of hydrogen-bond acceptors (Lipinski definition) is 3. The molecule has 0 spiro atoms. The van der Waals surface area contributed by atoms with E-state index in [1.165, 1.54) is 18.2 Å². The summed E-state index contributed by atoms with van der Waals surface area (Å²) in [6.07, 6.45) is 0.847. The molecule has 0 aromatic heterocycles. The van der Waals surface area contributed by atoms with Crippen LogP contribution in [0, 0.1) is 11.6 Å². The van der Waals surface area contributed by atoms with E-state index in [2.05, 4.69) is 9.80 Å². The first-order valence-electron chi connectivity index (χ1n) is 9.31. The van der Waals surface area contributed by atoms with Crippen molar-refractivity contribution in [2.24, 2.45) is 5.73 Å². The highest BCUT2D eigenvalue weighted by Gasteiger charge is 2.36. The van der Waals surface area contributed by atoms with Crippen molar-refractivity contribution in [2.45, 2.75) is 18.4 Å². The summed E-state index contributed by atoms with van der Waals surface area (Å²) in [6, 6.07) is 11.7. The fraction of sp³-hybridized carbons (Fsp3) is 0.381. The summed E-state index contributed by atoms with van der Waals surface area (Å²) >= 11 is 0. The van der Waals surface area contributed by atoms with Gasteiger partial charge < -0.3 is 5.73 Å². The molecule has 4 nitrogen and oxygen atoms in total. The van der Waals surface area contributed by atoms with Crippen molar-refractivity contribution in [1.29, 1.82) is 0 Å². The van der Waals surface area contributed by atoms with Gasteiger partial charge in [0.1, 0.15) is 11.6 Å². The van der Waals surface area contributed by atoms with Gasteiger partial charge >= 0.3 is 0 Å². The van der Waals surface area contributed by atoms with Crippen LogP contribution in [0.3, 0.4) is 0 Å². The molecule has 1 amide bonds. The Labute approximate surface area is 157 Å². The normalized spacial score (nSPS) is 23.3. The van der Waals surface area contributed by atoms with Crippen molar-refractivity contribution in [3.8, 4) is 0 Å². The largest absolute Gasteiger partial charge is 0.369 e. The predicted molar refractivity (Wildman–Crippen MR) is 99.2 cm³/mol. The Kier molecular flexibility index (Phi) is 4.93. The zero-order valence-corrected chi connectivity index (χ0v) is 15.1. The summed E-state index contributed by atoms with van der Waals surface area (Å²) in [5.41, 5.74) is 8.48. The zero-order chi connectivity index (χ0) is 19.0. The maximum absolute atomic E-state index is 14.0. The van der Waals surface area contributed by atoms with Gasteiger partial charge in [-0.25, -0.2) is 8.78 Å². The SMILES string of the molecule is NC(=O)CN1CCN(C2CC(c3ccc(F)cc3)c3ccc(F)cc32)CC1. The van der Waals surface area contributed by atoms with Crippen LogP contribution in [0.5, 0.6) is 0 Å². The van der Waals surface area contributed by atoms with Crippen LogP contribution in [0.15, 0.2) is 42.5 Å². The molecule has 1 saturated heterocycles. The molecule has 4 rings (SSSR count). The second-order valence-corrected chi connectivity index (χ2v) is 7.41. The molecule has 2 aliphatic rings. The van der Waals surface area contributed by atoms with E-state index in [4.69, 9.17) is 5.73 Å². The van der Waals surface area contributed by atoms with Crippen LogP contribution in [0.1, 0.15) is 35.1 Å². The first-order valence-corrected chi connectivity index (χ1v) is 9.31. The van der Waals surface area contributed by atoms with Crippen molar-refractivity contribution in [3.05, 3.63) is 70.8 Å². The molecule has 1 aliphatic carbocycles. The Morgan fingerprint density at radius 2 is 1.63 bits per heavy atom. The number of hydrogen-bond donors (Lipinski definition) is 1. The van der Waals surface area contributed by atoms with E-state index in [0.717, 1.165) is 49.3 Å². The van der Waals surface area contributed by atoms with E-state index < -0.39 is 0 Å². The molecule has 2 unspecified atom stereocenters. The van der Waals surface area contributed by atoms with Gasteiger partial charge in [-0.2, -0.15) is 0 Å². The lowest BCUT2D eigenvalue weighted by Crippen LogP contribution is -2.49. The van der Waals surface area contributed by atoms with Crippen LogP contribution in [-0.4, -0.2) is 48.4 Å². The Morgan fingerprint density at radius 3 is 2.30 bits per heavy atom. The van der Waals surface area contributed by atoms with E-state index in [-0.39, 0.29) is 36.0 Å². The van der Waals surface area contributed by atoms with Gasteiger partial charge in [0.05, 0.1) is 6.54 Å². The third-order valence-electron chi connectivity index (χ3n) is 5.74. The molecule has 27 heavy (non-hydrogen) atoms. The van der Waals surface area contributed by atoms with Crippen LogP contribution in [0.2, 0.25) is 0 Å². The predicted octanol–water partition coefficient (Wildman–Crippen LogP) is 2.64. The Balaban J connectivity index is 1.57. The number of rotatable bonds is 4. The highest BCUT2D eigenvalue weighted by molar-refractivity contribution is 5.75. The van der Waals surface area contributed by atoms with Crippen LogP contribution in [0.4, 0.5) is 8.78 Å². The lowest BCUT2D eigenvalue weighted by molar-refractivity contribution is -0.119. The molecule has 0 saturated carbocycles. The number of nitrogens with two attached hydrogens (primary N) is 1. The van der Waals surface area contributed by atoms with Crippen molar-refractivity contribution >= 4 is 5.91 Å². The lowest BCUT2D eigenvalue weighted by Gasteiger charge is -2.38. The van der Waals surface area contributed by atoms with Gasteiger partial charge in [-0.15, -0.1) is 0 Å². The average molecular weight is 371 g/mol. The number of carbonyl (C=O) groups excluding carboxylic acids is 1. The molecule has 2 aromatic carbocycles. The fourth-order valence-electron chi connectivity index (χ4n) is 4.44. The number of primary amides is 1. The average Bonchev–Trinajstić information content (AvgIpc) is 3.01. The van der Waals surface area contributed by atoms with E-state index in [1.807, 2.05) is 18.2 Å². The summed E-state index contributed by atoms with van der Waals surface area (Å²) in [6.45, 7) is 3.44. The minimum Gasteiger partial charge on any atom is -0.369 e. The Bertz CT molecular complexity index is 832. The molecule has 1 fully saturated rings. The molecule has 142 valence electrons. The molecule has 2 aromatic rings. The third kappa shape index (κ3) is 3.73. The highest BCUT2D eigenvalue weighted by atomic mass is 19.1. The van der Waals surface area contributed by atoms with Gasteiger partial charge in [-0.3, -0.25) is 14.6 Å². The number of halogens is 2. The molecular weight excluding hydrogens is 348 g/mol. The van der Waals surface area contributed by atoms with Crippen molar-refractivity contribution in [2.75, 3.05) is 32.7 Å². The standard InChI is InChI=1S/C21H23F2N3O/c22-15-3-1-14(2-4-15)18-12-20(19-11-16(23)5-6-17(18)19)26-9-7-25(8-10-26)13-21(24)27/h1-6,11,18,20H,7-10,12-13H2,(H2,24,27).